The molecule has 218 valence electrons. The highest BCUT2D eigenvalue weighted by Gasteiger charge is 2.36. The average Bonchev–Trinajstić information content (AvgIpc) is 2.85. The molecule has 3 rings (SSSR count). The number of carboxylic acids is 1. The maximum Gasteiger partial charge on any atom is 0.306 e. The minimum Gasteiger partial charge on any atom is -0.481 e. The number of hydrogen-bond donors (Lipinski definition) is 7. The standard InChI is InChI=1S/C30H54N4O4/c1-22-27(35)13-12-25(34-22)11-10-24(20-31-3)17-23-7-4-5-14-30(38,19-28(36)37)21-33-29(2)15-16-32-26(18-29)9-6-8-23/h22-27,31-35,38H,4-5,7,9-21H2,1-3H3,(H,36,37). The van der Waals surface area contributed by atoms with E-state index in [4.69, 9.17) is 0 Å². The minimum absolute atomic E-state index is 0.133. The molecule has 0 saturated carbocycles. The molecule has 8 atom stereocenters. The van der Waals surface area contributed by atoms with Crippen LogP contribution < -0.4 is 21.3 Å². The average molecular weight is 535 g/mol. The number of hydrogen-bond acceptors (Lipinski definition) is 7. The van der Waals surface area contributed by atoms with Gasteiger partial charge in [-0.2, -0.15) is 0 Å². The molecule has 2 saturated heterocycles. The Morgan fingerprint density at radius 2 is 2.03 bits per heavy atom. The van der Waals surface area contributed by atoms with Crippen LogP contribution in [-0.2, 0) is 4.79 Å². The number of nitrogens with one attached hydrogen (secondary N) is 4. The van der Waals surface area contributed by atoms with Crippen molar-refractivity contribution in [3.05, 3.63) is 0 Å². The van der Waals surface area contributed by atoms with Gasteiger partial charge in [0.05, 0.1) is 18.1 Å². The monoisotopic (exact) mass is 534 g/mol. The Bertz CT molecular complexity index is 801. The fraction of sp³-hybridized carbons (Fsp3) is 0.900. The first-order valence-corrected chi connectivity index (χ1v) is 15.1. The van der Waals surface area contributed by atoms with Crippen molar-refractivity contribution in [3.63, 3.8) is 0 Å². The van der Waals surface area contributed by atoms with Crippen LogP contribution in [0.5, 0.6) is 0 Å². The van der Waals surface area contributed by atoms with E-state index in [9.17, 15) is 20.1 Å². The summed E-state index contributed by atoms with van der Waals surface area (Å²) >= 11 is 0. The van der Waals surface area contributed by atoms with E-state index in [-0.39, 0.29) is 24.1 Å². The highest BCUT2D eigenvalue weighted by molar-refractivity contribution is 5.68. The highest BCUT2D eigenvalue weighted by atomic mass is 16.4. The molecule has 8 unspecified atom stereocenters. The van der Waals surface area contributed by atoms with Crippen LogP contribution in [0, 0.1) is 23.7 Å². The third kappa shape index (κ3) is 10.4. The Hall–Kier alpha value is -1.21. The number of carbonyl (C=O) groups is 1. The summed E-state index contributed by atoms with van der Waals surface area (Å²) in [5.41, 5.74) is -1.36. The maximum absolute atomic E-state index is 11.5. The highest BCUT2D eigenvalue weighted by Crippen LogP contribution is 2.29. The second-order valence-corrected chi connectivity index (χ2v) is 12.8. The first-order chi connectivity index (χ1) is 18.1. The molecule has 8 heteroatoms. The summed E-state index contributed by atoms with van der Waals surface area (Å²) < 4.78 is 0. The fourth-order valence-corrected chi connectivity index (χ4v) is 6.74. The smallest absolute Gasteiger partial charge is 0.306 e. The van der Waals surface area contributed by atoms with Crippen molar-refractivity contribution >= 4 is 5.97 Å². The Labute approximate surface area is 230 Å². The van der Waals surface area contributed by atoms with Crippen molar-refractivity contribution in [1.82, 2.24) is 21.3 Å². The van der Waals surface area contributed by atoms with Gasteiger partial charge in [0.1, 0.15) is 0 Å². The molecule has 2 bridgehead atoms. The van der Waals surface area contributed by atoms with Crippen LogP contribution in [0.4, 0.5) is 0 Å². The van der Waals surface area contributed by atoms with E-state index in [1.807, 2.05) is 7.05 Å². The van der Waals surface area contributed by atoms with Gasteiger partial charge in [-0.3, -0.25) is 4.79 Å². The largest absolute Gasteiger partial charge is 0.481 e. The van der Waals surface area contributed by atoms with Gasteiger partial charge in [-0.15, -0.1) is 5.92 Å². The quantitative estimate of drug-likeness (QED) is 0.225. The molecule has 0 aromatic carbocycles. The lowest BCUT2D eigenvalue weighted by molar-refractivity contribution is -0.143. The number of piperidine rings is 2. The number of β-amino-alcohol motifs (C(OH)–C–C–N with tert-alkyl or cyclic N) is 1. The second-order valence-electron chi connectivity index (χ2n) is 12.8. The van der Waals surface area contributed by atoms with Gasteiger partial charge in [-0.05, 0) is 97.7 Å². The molecule has 0 aliphatic carbocycles. The molecule has 0 radical (unpaired) electrons. The normalized spacial score (nSPS) is 37.9. The van der Waals surface area contributed by atoms with Crippen LogP contribution in [0.3, 0.4) is 0 Å². The first-order valence-electron chi connectivity index (χ1n) is 15.1. The number of aliphatic hydroxyl groups is 2. The summed E-state index contributed by atoms with van der Waals surface area (Å²) in [5, 5.41) is 44.9. The predicted molar refractivity (Wildman–Crippen MR) is 152 cm³/mol. The van der Waals surface area contributed by atoms with E-state index in [1.165, 1.54) is 0 Å². The summed E-state index contributed by atoms with van der Waals surface area (Å²) in [4.78, 5) is 11.5. The van der Waals surface area contributed by atoms with E-state index < -0.39 is 11.6 Å². The van der Waals surface area contributed by atoms with E-state index in [2.05, 4.69) is 47.0 Å². The molecule has 38 heavy (non-hydrogen) atoms. The van der Waals surface area contributed by atoms with Crippen LogP contribution in [0.2, 0.25) is 0 Å². The van der Waals surface area contributed by atoms with Crippen LogP contribution in [-0.4, -0.2) is 83.3 Å². The number of rotatable bonds is 9. The molecule has 7 N–H and O–H groups in total. The van der Waals surface area contributed by atoms with Crippen molar-refractivity contribution in [2.24, 2.45) is 11.8 Å². The van der Waals surface area contributed by atoms with Crippen LogP contribution >= 0.6 is 0 Å². The van der Waals surface area contributed by atoms with Crippen molar-refractivity contribution < 1.29 is 20.1 Å². The summed E-state index contributed by atoms with van der Waals surface area (Å²) in [7, 11) is 2.02. The van der Waals surface area contributed by atoms with E-state index in [0.717, 1.165) is 83.7 Å². The van der Waals surface area contributed by atoms with Gasteiger partial charge in [-0.1, -0.05) is 18.8 Å². The number of aliphatic hydroxyl groups excluding tert-OH is 1. The van der Waals surface area contributed by atoms with Crippen molar-refractivity contribution in [3.8, 4) is 11.8 Å². The van der Waals surface area contributed by atoms with Crippen LogP contribution in [0.15, 0.2) is 0 Å². The molecular formula is C30H54N4O4. The third-order valence-corrected chi connectivity index (χ3v) is 9.15. The van der Waals surface area contributed by atoms with Crippen LogP contribution in [0.1, 0.15) is 97.3 Å². The maximum atomic E-state index is 11.5. The lowest BCUT2D eigenvalue weighted by atomic mass is 9.82. The Morgan fingerprint density at radius 1 is 1.21 bits per heavy atom. The zero-order chi connectivity index (χ0) is 27.6. The molecule has 0 amide bonds. The molecule has 3 aliphatic heterocycles. The number of carboxylic acid groups (broad SMARTS) is 1. The topological polar surface area (TPSA) is 126 Å². The van der Waals surface area contributed by atoms with Gasteiger partial charge in [0.25, 0.3) is 0 Å². The fourth-order valence-electron chi connectivity index (χ4n) is 6.74. The SMILES string of the molecule is CNCC(CCC1CCC(O)C(C)N1)CC1C#CCC2CC(C)(CCN2)NCC(O)(CC(=O)O)CCCC1. The predicted octanol–water partition coefficient (Wildman–Crippen LogP) is 2.38. The summed E-state index contributed by atoms with van der Waals surface area (Å²) in [6, 6.07) is 0.926. The van der Waals surface area contributed by atoms with E-state index in [0.29, 0.717) is 36.9 Å². The van der Waals surface area contributed by atoms with Gasteiger partial charge in [0.15, 0.2) is 0 Å². The van der Waals surface area contributed by atoms with Gasteiger partial charge in [0.2, 0.25) is 0 Å². The van der Waals surface area contributed by atoms with Crippen molar-refractivity contribution in [2.75, 3.05) is 26.7 Å². The third-order valence-electron chi connectivity index (χ3n) is 9.15. The van der Waals surface area contributed by atoms with Crippen LogP contribution in [0.25, 0.3) is 0 Å². The Morgan fingerprint density at radius 3 is 2.76 bits per heavy atom. The molecule has 2 fully saturated rings. The lowest BCUT2D eigenvalue weighted by Crippen LogP contribution is -2.57. The Balaban J connectivity index is 1.66. The molecule has 0 spiro atoms. The lowest BCUT2D eigenvalue weighted by Gasteiger charge is -2.41. The Kier molecular flexibility index (Phi) is 12.3. The molecule has 8 nitrogen and oxygen atoms in total. The summed E-state index contributed by atoms with van der Waals surface area (Å²) in [5.74, 6) is 7.07. The zero-order valence-corrected chi connectivity index (χ0v) is 24.0. The zero-order valence-electron chi connectivity index (χ0n) is 24.0. The molecule has 0 aromatic heterocycles. The molecule has 3 heterocycles. The summed E-state index contributed by atoms with van der Waals surface area (Å²) in [6.45, 7) is 6.44. The van der Waals surface area contributed by atoms with E-state index >= 15 is 0 Å². The van der Waals surface area contributed by atoms with Crippen molar-refractivity contribution in [1.29, 1.82) is 0 Å². The molecular weight excluding hydrogens is 480 g/mol. The van der Waals surface area contributed by atoms with Gasteiger partial charge in [-0.25, -0.2) is 0 Å². The minimum atomic E-state index is -1.23. The molecule has 0 aromatic rings. The van der Waals surface area contributed by atoms with Gasteiger partial charge in [0, 0.05) is 42.5 Å². The molecule has 3 aliphatic rings. The number of aliphatic carboxylic acids is 1. The number of fused-ring (bicyclic) bond motifs is 2. The van der Waals surface area contributed by atoms with Gasteiger partial charge >= 0.3 is 5.97 Å². The summed E-state index contributed by atoms with van der Waals surface area (Å²) in [6.07, 6.45) is 10.6. The van der Waals surface area contributed by atoms with Crippen molar-refractivity contribution in [2.45, 2.75) is 133 Å². The van der Waals surface area contributed by atoms with E-state index in [1.54, 1.807) is 0 Å². The second kappa shape index (κ2) is 15.0. The van der Waals surface area contributed by atoms with Gasteiger partial charge < -0.3 is 36.6 Å². The first kappa shape index (κ1) is 31.3.